The summed E-state index contributed by atoms with van der Waals surface area (Å²) in [4.78, 5) is 32.6. The quantitative estimate of drug-likeness (QED) is 0.766. The Morgan fingerprint density at radius 1 is 1.26 bits per heavy atom. The summed E-state index contributed by atoms with van der Waals surface area (Å²) >= 11 is 0. The number of nitrogens with one attached hydrogen (secondary N) is 2. The van der Waals surface area contributed by atoms with Gasteiger partial charge < -0.3 is 0 Å². The first kappa shape index (κ1) is 15.0. The molecule has 1 amide bonds. The second-order valence-electron chi connectivity index (χ2n) is 5.25. The van der Waals surface area contributed by atoms with E-state index in [-0.39, 0.29) is 23.2 Å². The third-order valence-electron chi connectivity index (χ3n) is 3.60. The van der Waals surface area contributed by atoms with Gasteiger partial charge in [0.25, 0.3) is 11.3 Å². The third kappa shape index (κ3) is 2.98. The number of anilines is 1. The van der Waals surface area contributed by atoms with Gasteiger partial charge in [0.1, 0.15) is 0 Å². The first-order chi connectivity index (χ1) is 11.1. The molecule has 0 atom stereocenters. The topological polar surface area (TPSA) is 92.2 Å². The molecule has 0 saturated carbocycles. The molecule has 2 aromatic heterocycles. The van der Waals surface area contributed by atoms with Crippen LogP contribution in [-0.4, -0.2) is 25.5 Å². The number of fused-ring (bicyclic) bond motifs is 1. The molecule has 0 aliphatic rings. The first-order valence-electron chi connectivity index (χ1n) is 7.40. The number of carbonyl (C=O) groups excluding carboxylic acids is 1. The monoisotopic (exact) mass is 311 g/mol. The number of amides is 1. The summed E-state index contributed by atoms with van der Waals surface area (Å²) in [5.74, 6) is 0.284. The van der Waals surface area contributed by atoms with Crippen LogP contribution in [0.15, 0.2) is 35.1 Å². The van der Waals surface area contributed by atoms with Crippen molar-refractivity contribution in [2.24, 2.45) is 0 Å². The molecule has 7 nitrogen and oxygen atoms in total. The van der Waals surface area contributed by atoms with Crippen LogP contribution < -0.4 is 10.9 Å². The minimum absolute atomic E-state index is 0.182. The molecule has 0 unspecified atom stereocenters. The lowest BCUT2D eigenvalue weighted by molar-refractivity contribution is -0.115. The van der Waals surface area contributed by atoms with Crippen LogP contribution in [0.1, 0.15) is 30.2 Å². The molecule has 0 spiro atoms. The molecule has 0 radical (unpaired) electrons. The summed E-state index contributed by atoms with van der Waals surface area (Å²) in [7, 11) is 0. The molecule has 0 fully saturated rings. The van der Waals surface area contributed by atoms with Gasteiger partial charge in [-0.3, -0.25) is 20.0 Å². The van der Waals surface area contributed by atoms with Crippen LogP contribution in [0.5, 0.6) is 0 Å². The van der Waals surface area contributed by atoms with E-state index >= 15 is 0 Å². The number of aromatic nitrogens is 4. The van der Waals surface area contributed by atoms with E-state index in [2.05, 4.69) is 20.4 Å². The maximum absolute atomic E-state index is 12.7. The number of aryl methyl sites for hydroxylation is 1. The highest BCUT2D eigenvalue weighted by molar-refractivity contribution is 5.88. The predicted molar refractivity (Wildman–Crippen MR) is 86.5 cm³/mol. The van der Waals surface area contributed by atoms with Crippen molar-refractivity contribution >= 4 is 17.6 Å². The Labute approximate surface area is 132 Å². The fraction of sp³-hybridized carbons (Fsp3) is 0.250. The van der Waals surface area contributed by atoms with E-state index < -0.39 is 0 Å². The number of carbonyl (C=O) groups is 1. The van der Waals surface area contributed by atoms with Crippen LogP contribution in [0.25, 0.3) is 5.78 Å². The van der Waals surface area contributed by atoms with Crippen LogP contribution in [0.4, 0.5) is 5.95 Å². The van der Waals surface area contributed by atoms with Gasteiger partial charge in [-0.25, -0.2) is 4.98 Å². The van der Waals surface area contributed by atoms with Crippen molar-refractivity contribution in [2.75, 3.05) is 5.32 Å². The van der Waals surface area contributed by atoms with E-state index in [0.29, 0.717) is 24.1 Å². The van der Waals surface area contributed by atoms with Gasteiger partial charge in [-0.05, 0) is 12.5 Å². The van der Waals surface area contributed by atoms with E-state index in [1.807, 2.05) is 30.3 Å². The summed E-state index contributed by atoms with van der Waals surface area (Å²) in [6.07, 6.45) is 0.828. The molecule has 0 saturated heterocycles. The van der Waals surface area contributed by atoms with E-state index in [1.54, 1.807) is 13.8 Å². The van der Waals surface area contributed by atoms with Crippen molar-refractivity contribution < 1.29 is 4.79 Å². The highest BCUT2D eigenvalue weighted by Crippen LogP contribution is 2.10. The van der Waals surface area contributed by atoms with E-state index in [0.717, 1.165) is 5.56 Å². The zero-order chi connectivity index (χ0) is 16.4. The number of aromatic amines is 1. The highest BCUT2D eigenvalue weighted by Gasteiger charge is 2.14. The minimum atomic E-state index is -0.208. The number of hydrogen-bond donors (Lipinski definition) is 2. The lowest BCUT2D eigenvalue weighted by atomic mass is 10.1. The standard InChI is InChI=1S/C16H17N5O2/c1-3-13(22)18-15-19-16-17-10(2)12(14(23)21(16)20-15)9-11-7-5-4-6-8-11/h4-8H,3,9H2,1-2H3,(H2,17,18,19,20,22). The normalized spacial score (nSPS) is 10.9. The molecular formula is C16H17N5O2. The summed E-state index contributed by atoms with van der Waals surface area (Å²) < 4.78 is 1.26. The molecule has 2 heterocycles. The van der Waals surface area contributed by atoms with Gasteiger partial charge in [0, 0.05) is 18.4 Å². The number of rotatable bonds is 4. The summed E-state index contributed by atoms with van der Waals surface area (Å²) in [6.45, 7) is 3.53. The van der Waals surface area contributed by atoms with Crippen LogP contribution in [-0.2, 0) is 11.2 Å². The van der Waals surface area contributed by atoms with Crippen LogP contribution in [0.2, 0.25) is 0 Å². The van der Waals surface area contributed by atoms with Crippen molar-refractivity contribution in [1.29, 1.82) is 0 Å². The van der Waals surface area contributed by atoms with Gasteiger partial charge in [-0.2, -0.15) is 9.50 Å². The number of benzene rings is 1. The van der Waals surface area contributed by atoms with E-state index in [1.165, 1.54) is 4.52 Å². The van der Waals surface area contributed by atoms with E-state index in [9.17, 15) is 9.59 Å². The van der Waals surface area contributed by atoms with Crippen LogP contribution >= 0.6 is 0 Å². The highest BCUT2D eigenvalue weighted by atomic mass is 16.2. The van der Waals surface area contributed by atoms with Crippen LogP contribution in [0.3, 0.4) is 0 Å². The Kier molecular flexibility index (Phi) is 3.92. The lowest BCUT2D eigenvalue weighted by Gasteiger charge is -2.04. The zero-order valence-corrected chi connectivity index (χ0v) is 13.0. The number of H-pyrrole nitrogens is 1. The lowest BCUT2D eigenvalue weighted by Crippen LogP contribution is -2.22. The smallest absolute Gasteiger partial charge is 0.277 e. The molecule has 0 bridgehead atoms. The Hall–Kier alpha value is -2.96. The van der Waals surface area contributed by atoms with Crippen molar-refractivity contribution in [3.05, 3.63) is 57.5 Å². The first-order valence-corrected chi connectivity index (χ1v) is 7.40. The molecule has 23 heavy (non-hydrogen) atoms. The summed E-state index contributed by atoms with van der Waals surface area (Å²) in [5.41, 5.74) is 2.07. The van der Waals surface area contributed by atoms with Gasteiger partial charge in [-0.1, -0.05) is 37.3 Å². The fourth-order valence-electron chi connectivity index (χ4n) is 2.33. The Morgan fingerprint density at radius 2 is 2.00 bits per heavy atom. The van der Waals surface area contributed by atoms with Crippen molar-refractivity contribution in [1.82, 2.24) is 19.6 Å². The maximum Gasteiger partial charge on any atom is 0.277 e. The Morgan fingerprint density at radius 3 is 2.70 bits per heavy atom. The van der Waals surface area contributed by atoms with Gasteiger partial charge in [0.2, 0.25) is 11.9 Å². The number of nitrogens with zero attached hydrogens (tertiary/aromatic N) is 3. The summed E-state index contributed by atoms with van der Waals surface area (Å²) in [5, 5.41) is 5.37. The molecule has 2 N–H and O–H groups in total. The van der Waals surface area contributed by atoms with Gasteiger partial charge in [0.15, 0.2) is 0 Å². The summed E-state index contributed by atoms with van der Waals surface area (Å²) in [6, 6.07) is 9.73. The average Bonchev–Trinajstić information content (AvgIpc) is 2.94. The van der Waals surface area contributed by atoms with Gasteiger partial charge in [0.05, 0.1) is 5.69 Å². The second kappa shape index (κ2) is 6.04. The van der Waals surface area contributed by atoms with Crippen LogP contribution in [0, 0.1) is 6.92 Å². The molecular weight excluding hydrogens is 294 g/mol. The van der Waals surface area contributed by atoms with Crippen molar-refractivity contribution in [3.63, 3.8) is 0 Å². The fourth-order valence-corrected chi connectivity index (χ4v) is 2.33. The zero-order valence-electron chi connectivity index (χ0n) is 13.0. The molecule has 118 valence electrons. The maximum atomic E-state index is 12.7. The third-order valence-corrected chi connectivity index (χ3v) is 3.60. The largest absolute Gasteiger partial charge is 0.295 e. The van der Waals surface area contributed by atoms with Gasteiger partial charge in [-0.15, -0.1) is 0 Å². The predicted octanol–water partition coefficient (Wildman–Crippen LogP) is 1.67. The minimum Gasteiger partial charge on any atom is -0.295 e. The SMILES string of the molecule is CCC(=O)Nc1nc2nc(C)c(Cc3ccccc3)c(=O)n2[nH]1. The molecule has 0 aliphatic carbocycles. The molecule has 7 heteroatoms. The molecule has 0 aliphatic heterocycles. The van der Waals surface area contributed by atoms with Crippen molar-refractivity contribution in [3.8, 4) is 0 Å². The Bertz CT molecular complexity index is 911. The van der Waals surface area contributed by atoms with E-state index in [4.69, 9.17) is 0 Å². The molecule has 3 aromatic rings. The average molecular weight is 311 g/mol. The number of hydrogen-bond acceptors (Lipinski definition) is 4. The van der Waals surface area contributed by atoms with Gasteiger partial charge >= 0.3 is 0 Å². The second-order valence-corrected chi connectivity index (χ2v) is 5.25. The molecule has 3 rings (SSSR count). The van der Waals surface area contributed by atoms with Crippen molar-refractivity contribution in [2.45, 2.75) is 26.7 Å². The Balaban J connectivity index is 2.03. The molecule has 1 aromatic carbocycles.